The molecule has 0 bridgehead atoms. The van der Waals surface area contributed by atoms with Gasteiger partial charge in [0.05, 0.1) is 30.8 Å². The minimum absolute atomic E-state index is 0.0602. The maximum Gasteiger partial charge on any atom is 0.246 e. The number of nitrogens with zero attached hydrogens (tertiary/aromatic N) is 4. The Balaban J connectivity index is 1.23. The molecule has 3 heterocycles. The van der Waals surface area contributed by atoms with Crippen LogP contribution in [0.3, 0.4) is 0 Å². The fourth-order valence-corrected chi connectivity index (χ4v) is 11.2. The molecule has 1 amide bonds. The molecule has 1 aromatic rings. The van der Waals surface area contributed by atoms with Gasteiger partial charge in [0.25, 0.3) is 0 Å². The van der Waals surface area contributed by atoms with Gasteiger partial charge in [-0.15, -0.1) is 0 Å². The van der Waals surface area contributed by atoms with E-state index in [1.54, 1.807) is 0 Å². The number of hydrogen-bond donors (Lipinski definition) is 2. The van der Waals surface area contributed by atoms with Crippen LogP contribution < -0.4 is 10.6 Å². The quantitative estimate of drug-likeness (QED) is 0.277. The van der Waals surface area contributed by atoms with Crippen LogP contribution in [0.25, 0.3) is 0 Å². The smallest absolute Gasteiger partial charge is 0.246 e. The summed E-state index contributed by atoms with van der Waals surface area (Å²) in [7, 11) is 2.23. The van der Waals surface area contributed by atoms with Gasteiger partial charge in [0.2, 0.25) is 5.91 Å². The van der Waals surface area contributed by atoms with Crippen LogP contribution >= 0.6 is 11.6 Å². The summed E-state index contributed by atoms with van der Waals surface area (Å²) in [5.74, 6) is 0.841. The lowest BCUT2D eigenvalue weighted by Crippen LogP contribution is -2.81. The number of carbonyl (C=O) groups excluding carboxylic acids is 1. The molecule has 7 atom stereocenters. The molecule has 3 aliphatic heterocycles. The van der Waals surface area contributed by atoms with Gasteiger partial charge < -0.3 is 14.5 Å². The molecule has 0 aromatic heterocycles. The number of aryl methyl sites for hydroxylation is 1. The predicted molar refractivity (Wildman–Crippen MR) is 190 cm³/mol. The van der Waals surface area contributed by atoms with Crippen LogP contribution in [0, 0.1) is 28.6 Å². The van der Waals surface area contributed by atoms with E-state index in [2.05, 4.69) is 58.3 Å². The molecule has 6 aliphatic rings. The summed E-state index contributed by atoms with van der Waals surface area (Å²) in [6.45, 7) is 7.77. The van der Waals surface area contributed by atoms with Gasteiger partial charge >= 0.3 is 0 Å². The number of likely N-dealkylation sites (N-methyl/N-ethyl adjacent to an activating group) is 1. The lowest BCUT2D eigenvalue weighted by atomic mass is 9.56. The second-order valence-corrected chi connectivity index (χ2v) is 16.5. The molecule has 3 aliphatic carbocycles. The van der Waals surface area contributed by atoms with Crippen molar-refractivity contribution in [1.82, 2.24) is 25.3 Å². The van der Waals surface area contributed by atoms with Crippen molar-refractivity contribution < 1.29 is 9.53 Å². The Bertz CT molecular complexity index is 1360. The fraction of sp³-hybridized carbons (Fsp3) is 0.744. The van der Waals surface area contributed by atoms with Crippen LogP contribution in [0.15, 0.2) is 30.9 Å². The number of carbonyl (C=O) groups is 1. The van der Waals surface area contributed by atoms with Crippen molar-refractivity contribution in [2.45, 2.75) is 126 Å². The van der Waals surface area contributed by atoms with Gasteiger partial charge in [-0.2, -0.15) is 5.26 Å². The first-order chi connectivity index (χ1) is 23.3. The summed E-state index contributed by atoms with van der Waals surface area (Å²) in [5, 5.41) is 19.1. The van der Waals surface area contributed by atoms with E-state index in [0.29, 0.717) is 43.4 Å². The molecule has 2 N–H and O–H groups in total. The minimum atomic E-state index is -0.259. The zero-order chi connectivity index (χ0) is 33.3. The van der Waals surface area contributed by atoms with E-state index in [1.165, 1.54) is 81.4 Å². The number of likely N-dealkylation sites (tertiary alicyclic amines) is 1. The van der Waals surface area contributed by atoms with Crippen LogP contribution in [0.2, 0.25) is 5.02 Å². The first-order valence-corrected chi connectivity index (χ1v) is 19.4. The summed E-state index contributed by atoms with van der Waals surface area (Å²) in [4.78, 5) is 20.0. The monoisotopic (exact) mass is 676 g/mol. The third-order valence-corrected chi connectivity index (χ3v) is 13.7. The number of amides is 1. The number of halogens is 1. The van der Waals surface area contributed by atoms with Gasteiger partial charge in [0.1, 0.15) is 0 Å². The number of fused-ring (bicyclic) bond motifs is 2. The third kappa shape index (κ3) is 6.73. The van der Waals surface area contributed by atoms with Crippen LogP contribution in [0.5, 0.6) is 0 Å². The Morgan fingerprint density at radius 3 is 2.67 bits per heavy atom. The number of benzene rings is 1. The zero-order valence-electron chi connectivity index (χ0n) is 29.1. The van der Waals surface area contributed by atoms with E-state index in [1.807, 2.05) is 4.90 Å². The molecule has 7 unspecified atom stereocenters. The molecule has 9 heteroatoms. The number of piperazine rings is 1. The number of hydrogen-bond acceptors (Lipinski definition) is 7. The summed E-state index contributed by atoms with van der Waals surface area (Å²) in [5.41, 5.74) is 2.92. The van der Waals surface area contributed by atoms with Crippen molar-refractivity contribution in [2.75, 3.05) is 39.8 Å². The zero-order valence-corrected chi connectivity index (χ0v) is 29.9. The Kier molecular flexibility index (Phi) is 10.6. The highest BCUT2D eigenvalue weighted by Crippen LogP contribution is 2.54. The Morgan fingerprint density at radius 2 is 1.92 bits per heavy atom. The number of nitrogens with one attached hydrogen (secondary N) is 2. The molecule has 262 valence electrons. The van der Waals surface area contributed by atoms with Crippen molar-refractivity contribution in [1.29, 1.82) is 5.26 Å². The summed E-state index contributed by atoms with van der Waals surface area (Å²) >= 11 is 6.42. The summed E-state index contributed by atoms with van der Waals surface area (Å²) in [6.07, 6.45) is 18.5. The maximum atomic E-state index is 13.0. The molecular formula is C39H57ClN6O2. The Labute approximate surface area is 293 Å². The maximum absolute atomic E-state index is 13.0. The van der Waals surface area contributed by atoms with Gasteiger partial charge in [-0.05, 0) is 118 Å². The van der Waals surface area contributed by atoms with E-state index in [4.69, 9.17) is 16.3 Å². The van der Waals surface area contributed by atoms with E-state index in [9.17, 15) is 10.1 Å². The highest BCUT2D eigenvalue weighted by molar-refractivity contribution is 6.30. The Morgan fingerprint density at radius 1 is 1.08 bits per heavy atom. The van der Waals surface area contributed by atoms with E-state index < -0.39 is 0 Å². The molecule has 7 rings (SSSR count). The molecule has 3 saturated heterocycles. The van der Waals surface area contributed by atoms with Crippen molar-refractivity contribution in [2.24, 2.45) is 17.3 Å². The van der Waals surface area contributed by atoms with Crippen LogP contribution in [0.1, 0.15) is 94.6 Å². The molecule has 2 saturated carbocycles. The topological polar surface area (TPSA) is 83.9 Å². The van der Waals surface area contributed by atoms with Crippen LogP contribution in [-0.4, -0.2) is 90.6 Å². The van der Waals surface area contributed by atoms with E-state index >= 15 is 0 Å². The molecule has 1 aromatic carbocycles. The second-order valence-electron chi connectivity index (χ2n) is 16.1. The lowest BCUT2D eigenvalue weighted by Gasteiger charge is -2.64. The SMILES string of the molecule is C=CC(=O)N1CCN(C2(C3CCCCCC3)NC(OCC3CCCN3C)NC3CC4(CCc5cc(Cl)ccc5C4)CCC32)CC1CC#N. The van der Waals surface area contributed by atoms with Crippen molar-refractivity contribution in [3.8, 4) is 6.07 Å². The molecule has 1 spiro atoms. The highest BCUT2D eigenvalue weighted by Gasteiger charge is 2.60. The van der Waals surface area contributed by atoms with E-state index in [0.717, 1.165) is 50.4 Å². The van der Waals surface area contributed by atoms with Gasteiger partial charge in [-0.3, -0.25) is 20.3 Å². The van der Waals surface area contributed by atoms with E-state index in [-0.39, 0.29) is 29.4 Å². The first-order valence-electron chi connectivity index (χ1n) is 19.0. The van der Waals surface area contributed by atoms with Gasteiger partial charge in [-0.25, -0.2) is 0 Å². The normalized spacial score (nSPS) is 36.6. The fourth-order valence-electron chi connectivity index (χ4n) is 11.0. The summed E-state index contributed by atoms with van der Waals surface area (Å²) in [6, 6.07) is 9.59. The minimum Gasteiger partial charge on any atom is -0.348 e. The standard InChI is InChI=1S/C39H57ClN6O2/c1-3-36(47)46-22-21-45(26-32(46)16-19-41)39(30-9-6-4-5-7-10-30)34-15-18-38(17-14-28-23-31(40)13-12-29(28)24-38)25-35(34)42-37(43-39)48-27-33-11-8-20-44(33)2/h3,12-13,23,30,32-35,37,42-43H,1,4-11,14-18,20-22,24-27H2,2H3. The van der Waals surface area contributed by atoms with Gasteiger partial charge in [0.15, 0.2) is 6.35 Å². The lowest BCUT2D eigenvalue weighted by molar-refractivity contribution is -0.186. The third-order valence-electron chi connectivity index (χ3n) is 13.5. The van der Waals surface area contributed by atoms with Crippen molar-refractivity contribution in [3.05, 3.63) is 47.0 Å². The molecule has 0 radical (unpaired) electrons. The van der Waals surface area contributed by atoms with Gasteiger partial charge in [0, 0.05) is 42.7 Å². The summed E-state index contributed by atoms with van der Waals surface area (Å²) < 4.78 is 6.92. The average Bonchev–Trinajstić information content (AvgIpc) is 3.31. The highest BCUT2D eigenvalue weighted by atomic mass is 35.5. The average molecular weight is 677 g/mol. The van der Waals surface area contributed by atoms with Crippen LogP contribution in [0.4, 0.5) is 0 Å². The first kappa shape index (κ1) is 34.5. The number of nitriles is 1. The number of rotatable bonds is 7. The molecular weight excluding hydrogens is 620 g/mol. The van der Waals surface area contributed by atoms with Crippen molar-refractivity contribution in [3.63, 3.8) is 0 Å². The molecule has 5 fully saturated rings. The Hall–Kier alpha value is -1.99. The van der Waals surface area contributed by atoms with Crippen LogP contribution in [-0.2, 0) is 22.4 Å². The second kappa shape index (κ2) is 14.7. The number of ether oxygens (including phenoxy) is 1. The largest absolute Gasteiger partial charge is 0.348 e. The van der Waals surface area contributed by atoms with Crippen molar-refractivity contribution >= 4 is 17.5 Å². The van der Waals surface area contributed by atoms with Gasteiger partial charge in [-0.1, -0.05) is 49.9 Å². The predicted octanol–water partition coefficient (Wildman–Crippen LogP) is 5.85. The molecule has 48 heavy (non-hydrogen) atoms. The molecule has 8 nitrogen and oxygen atoms in total.